The van der Waals surface area contributed by atoms with E-state index < -0.39 is 27.8 Å². The zero-order valence-corrected chi connectivity index (χ0v) is 26.3. The molecule has 0 unspecified atom stereocenters. The first-order valence-electron chi connectivity index (χ1n) is 14.5. The SMILES string of the molecule is CC[C@@H](C)NC(=O)[C@@H](Cc1ccccc1)N(Cc1cccc(C)c1)C(=O)CCCN(c1cccc(C(F)(F)F)c1)S(C)(=O)=O. The van der Waals surface area contributed by atoms with Crippen LogP contribution in [0.3, 0.4) is 0 Å². The van der Waals surface area contributed by atoms with Gasteiger partial charge in [-0.05, 0) is 56.0 Å². The average Bonchev–Trinajstić information content (AvgIpc) is 2.96. The van der Waals surface area contributed by atoms with Crippen LogP contribution in [0.1, 0.15) is 55.4 Å². The molecule has 0 heterocycles. The van der Waals surface area contributed by atoms with Gasteiger partial charge in [0.15, 0.2) is 0 Å². The Morgan fingerprint density at radius 2 is 1.59 bits per heavy atom. The summed E-state index contributed by atoms with van der Waals surface area (Å²) >= 11 is 0. The van der Waals surface area contributed by atoms with E-state index in [-0.39, 0.29) is 55.9 Å². The zero-order valence-electron chi connectivity index (χ0n) is 25.5. The highest BCUT2D eigenvalue weighted by Gasteiger charge is 2.33. The molecule has 2 amide bonds. The number of hydrogen-bond donors (Lipinski definition) is 1. The fraction of sp³-hybridized carbons (Fsp3) is 0.394. The van der Waals surface area contributed by atoms with Crippen molar-refractivity contribution in [3.05, 3.63) is 101 Å². The first kappa shape index (κ1) is 34.6. The molecule has 0 aliphatic carbocycles. The minimum Gasteiger partial charge on any atom is -0.352 e. The van der Waals surface area contributed by atoms with E-state index in [9.17, 15) is 31.2 Å². The smallest absolute Gasteiger partial charge is 0.352 e. The van der Waals surface area contributed by atoms with E-state index in [4.69, 9.17) is 0 Å². The summed E-state index contributed by atoms with van der Waals surface area (Å²) in [6, 6.07) is 20.1. The second kappa shape index (κ2) is 15.2. The maximum atomic E-state index is 13.9. The highest BCUT2D eigenvalue weighted by molar-refractivity contribution is 7.92. The lowest BCUT2D eigenvalue weighted by Gasteiger charge is -2.33. The lowest BCUT2D eigenvalue weighted by molar-refractivity contribution is -0.141. The number of aryl methyl sites for hydroxylation is 1. The number of hydrogen-bond acceptors (Lipinski definition) is 4. The van der Waals surface area contributed by atoms with Crippen molar-refractivity contribution in [2.75, 3.05) is 17.1 Å². The van der Waals surface area contributed by atoms with Gasteiger partial charge in [0.05, 0.1) is 17.5 Å². The van der Waals surface area contributed by atoms with Crippen LogP contribution < -0.4 is 9.62 Å². The number of alkyl halides is 3. The predicted molar refractivity (Wildman–Crippen MR) is 166 cm³/mol. The van der Waals surface area contributed by atoms with E-state index >= 15 is 0 Å². The third-order valence-electron chi connectivity index (χ3n) is 7.32. The number of carbonyl (C=O) groups is 2. The van der Waals surface area contributed by atoms with Gasteiger partial charge in [0.1, 0.15) is 6.04 Å². The van der Waals surface area contributed by atoms with Gasteiger partial charge in [-0.25, -0.2) is 8.42 Å². The summed E-state index contributed by atoms with van der Waals surface area (Å²) in [6.45, 7) is 5.70. The van der Waals surface area contributed by atoms with Crippen LogP contribution in [0.2, 0.25) is 0 Å². The van der Waals surface area contributed by atoms with Crippen molar-refractivity contribution in [1.29, 1.82) is 0 Å². The summed E-state index contributed by atoms with van der Waals surface area (Å²) < 4.78 is 66.1. The third-order valence-corrected chi connectivity index (χ3v) is 8.52. The van der Waals surface area contributed by atoms with Crippen molar-refractivity contribution in [2.24, 2.45) is 0 Å². The maximum Gasteiger partial charge on any atom is 0.416 e. The number of benzene rings is 3. The lowest BCUT2D eigenvalue weighted by atomic mass is 10.0. The molecule has 0 saturated heterocycles. The Balaban J connectivity index is 1.91. The molecule has 3 aromatic rings. The molecule has 11 heteroatoms. The van der Waals surface area contributed by atoms with Gasteiger partial charge in [-0.1, -0.05) is 73.2 Å². The largest absolute Gasteiger partial charge is 0.416 e. The number of halogens is 3. The molecular weight excluding hydrogens is 591 g/mol. The molecule has 0 saturated carbocycles. The van der Waals surface area contributed by atoms with E-state index in [1.807, 2.05) is 75.4 Å². The molecule has 3 aromatic carbocycles. The van der Waals surface area contributed by atoms with Crippen molar-refractivity contribution >= 4 is 27.5 Å². The van der Waals surface area contributed by atoms with Gasteiger partial charge in [0, 0.05) is 32.0 Å². The minimum atomic E-state index is -4.64. The average molecular weight is 632 g/mol. The van der Waals surface area contributed by atoms with Crippen LogP contribution in [-0.4, -0.2) is 50.0 Å². The summed E-state index contributed by atoms with van der Waals surface area (Å²) in [4.78, 5) is 29.1. The molecule has 238 valence electrons. The van der Waals surface area contributed by atoms with Gasteiger partial charge < -0.3 is 10.2 Å². The Kier molecular flexibility index (Phi) is 12.0. The Bertz CT molecular complexity index is 1510. The van der Waals surface area contributed by atoms with Crippen LogP contribution in [0.25, 0.3) is 0 Å². The fourth-order valence-electron chi connectivity index (χ4n) is 4.84. The van der Waals surface area contributed by atoms with Crippen LogP contribution >= 0.6 is 0 Å². The van der Waals surface area contributed by atoms with Crippen LogP contribution in [0, 0.1) is 6.92 Å². The summed E-state index contributed by atoms with van der Waals surface area (Å²) in [6.07, 6.45) is -2.87. The highest BCUT2D eigenvalue weighted by Crippen LogP contribution is 2.32. The Morgan fingerprint density at radius 3 is 2.20 bits per heavy atom. The van der Waals surface area contributed by atoms with Gasteiger partial charge >= 0.3 is 6.18 Å². The number of nitrogens with zero attached hydrogens (tertiary/aromatic N) is 2. The Hall–Kier alpha value is -3.86. The molecule has 44 heavy (non-hydrogen) atoms. The number of sulfonamides is 1. The molecule has 3 rings (SSSR count). The van der Waals surface area contributed by atoms with E-state index in [2.05, 4.69) is 5.32 Å². The minimum absolute atomic E-state index is 0.0253. The van der Waals surface area contributed by atoms with Crippen molar-refractivity contribution in [2.45, 2.75) is 71.3 Å². The number of nitrogens with one attached hydrogen (secondary N) is 1. The van der Waals surface area contributed by atoms with Crippen LogP contribution in [0.4, 0.5) is 18.9 Å². The number of anilines is 1. The second-order valence-electron chi connectivity index (χ2n) is 11.0. The number of rotatable bonds is 14. The monoisotopic (exact) mass is 631 g/mol. The van der Waals surface area contributed by atoms with E-state index in [0.717, 1.165) is 45.5 Å². The summed E-state index contributed by atoms with van der Waals surface area (Å²) in [5, 5.41) is 3.00. The van der Waals surface area contributed by atoms with E-state index in [1.165, 1.54) is 11.0 Å². The Labute approximate surface area is 258 Å². The van der Waals surface area contributed by atoms with E-state index in [0.29, 0.717) is 6.42 Å². The molecule has 0 spiro atoms. The van der Waals surface area contributed by atoms with Gasteiger partial charge in [-0.15, -0.1) is 0 Å². The van der Waals surface area contributed by atoms with Crippen LogP contribution in [0.5, 0.6) is 0 Å². The second-order valence-corrected chi connectivity index (χ2v) is 12.9. The molecular formula is C33H40F3N3O4S. The van der Waals surface area contributed by atoms with Gasteiger partial charge in [-0.2, -0.15) is 13.2 Å². The van der Waals surface area contributed by atoms with Crippen molar-refractivity contribution in [3.8, 4) is 0 Å². The molecule has 0 aliphatic rings. The number of amides is 2. The van der Waals surface area contributed by atoms with Crippen molar-refractivity contribution in [1.82, 2.24) is 10.2 Å². The third kappa shape index (κ3) is 10.1. The molecule has 1 N–H and O–H groups in total. The Morgan fingerprint density at radius 1 is 0.932 bits per heavy atom. The molecule has 0 fully saturated rings. The summed E-state index contributed by atoms with van der Waals surface area (Å²) in [5.74, 6) is -0.671. The molecule has 0 bridgehead atoms. The number of carbonyl (C=O) groups excluding carboxylic acids is 2. The van der Waals surface area contributed by atoms with Crippen molar-refractivity contribution < 1.29 is 31.2 Å². The quantitative estimate of drug-likeness (QED) is 0.233. The van der Waals surface area contributed by atoms with Gasteiger partial charge in [0.25, 0.3) is 0 Å². The molecule has 0 radical (unpaired) electrons. The highest BCUT2D eigenvalue weighted by atomic mass is 32.2. The maximum absolute atomic E-state index is 13.9. The topological polar surface area (TPSA) is 86.8 Å². The standard InChI is InChI=1S/C33H40F3N3O4S/c1-5-25(3)37-32(41)30(21-26-13-7-6-8-14-26)38(23-27-15-9-12-24(2)20-27)31(40)18-11-19-39(44(4,42)43)29-17-10-16-28(22-29)33(34,35)36/h6-10,12-17,20,22,25,30H,5,11,18-19,21,23H2,1-4H3,(H,37,41)/t25-,30-/m1/s1. The van der Waals surface area contributed by atoms with Crippen LogP contribution in [-0.2, 0) is 38.8 Å². The van der Waals surface area contributed by atoms with E-state index in [1.54, 1.807) is 0 Å². The first-order valence-corrected chi connectivity index (χ1v) is 16.4. The van der Waals surface area contributed by atoms with Crippen molar-refractivity contribution in [3.63, 3.8) is 0 Å². The molecule has 0 aliphatic heterocycles. The fourth-order valence-corrected chi connectivity index (χ4v) is 5.80. The summed E-state index contributed by atoms with van der Waals surface area (Å²) in [5.41, 5.74) is 1.57. The lowest BCUT2D eigenvalue weighted by Crippen LogP contribution is -2.52. The first-order chi connectivity index (χ1) is 20.7. The zero-order chi connectivity index (χ0) is 32.5. The summed E-state index contributed by atoms with van der Waals surface area (Å²) in [7, 11) is -3.96. The predicted octanol–water partition coefficient (Wildman–Crippen LogP) is 6.11. The molecule has 2 atom stereocenters. The molecule has 0 aromatic heterocycles. The normalized spacial score (nSPS) is 13.2. The van der Waals surface area contributed by atoms with Gasteiger partial charge in [0.2, 0.25) is 21.8 Å². The van der Waals surface area contributed by atoms with Gasteiger partial charge in [-0.3, -0.25) is 13.9 Å². The van der Waals surface area contributed by atoms with Crippen LogP contribution in [0.15, 0.2) is 78.9 Å². The molecule has 7 nitrogen and oxygen atoms in total.